The molecule has 114 valence electrons. The van der Waals surface area contributed by atoms with Gasteiger partial charge in [0, 0.05) is 31.9 Å². The maximum atomic E-state index is 4.87. The third-order valence-corrected chi connectivity index (χ3v) is 4.53. The summed E-state index contributed by atoms with van der Waals surface area (Å²) in [5.41, 5.74) is 2.29. The van der Waals surface area contributed by atoms with Crippen molar-refractivity contribution in [3.8, 4) is 0 Å². The normalized spacial score (nSPS) is 16.6. The molecule has 1 N–H and O–H groups in total. The van der Waals surface area contributed by atoms with Gasteiger partial charge in [-0.1, -0.05) is 19.9 Å². The van der Waals surface area contributed by atoms with Gasteiger partial charge >= 0.3 is 0 Å². The Bertz CT molecular complexity index is 612. The van der Waals surface area contributed by atoms with Crippen LogP contribution in [0.5, 0.6) is 0 Å². The zero-order valence-corrected chi connectivity index (χ0v) is 13.5. The number of pyridine rings is 1. The largest absolute Gasteiger partial charge is 0.355 e. The summed E-state index contributed by atoms with van der Waals surface area (Å²) < 4.78 is 2.21. The number of aromatic nitrogens is 2. The van der Waals surface area contributed by atoms with Crippen LogP contribution in [0.3, 0.4) is 0 Å². The minimum absolute atomic E-state index is 0.471. The summed E-state index contributed by atoms with van der Waals surface area (Å²) >= 11 is 0. The number of hydrogen-bond acceptors (Lipinski definition) is 3. The van der Waals surface area contributed by atoms with Gasteiger partial charge in [0.05, 0.1) is 5.69 Å². The molecule has 1 aliphatic rings. The van der Waals surface area contributed by atoms with E-state index >= 15 is 0 Å². The van der Waals surface area contributed by atoms with Crippen molar-refractivity contribution in [2.75, 3.05) is 11.9 Å². The lowest BCUT2D eigenvalue weighted by Gasteiger charge is -2.26. The van der Waals surface area contributed by atoms with Crippen LogP contribution in [0, 0.1) is 5.92 Å². The van der Waals surface area contributed by atoms with Crippen molar-refractivity contribution in [1.82, 2.24) is 14.7 Å². The highest BCUT2D eigenvalue weighted by atomic mass is 15.2. The molecule has 4 heteroatoms. The Morgan fingerprint density at radius 3 is 2.76 bits per heavy atom. The summed E-state index contributed by atoms with van der Waals surface area (Å²) in [4.78, 5) is 7.23. The van der Waals surface area contributed by atoms with E-state index in [1.165, 1.54) is 18.5 Å². The van der Waals surface area contributed by atoms with Crippen molar-refractivity contribution >= 4 is 11.5 Å². The predicted molar refractivity (Wildman–Crippen MR) is 87.8 cm³/mol. The third-order valence-electron chi connectivity index (χ3n) is 4.53. The van der Waals surface area contributed by atoms with Gasteiger partial charge in [0.1, 0.15) is 5.65 Å². The average molecular weight is 286 g/mol. The van der Waals surface area contributed by atoms with Crippen molar-refractivity contribution in [1.29, 1.82) is 0 Å². The second-order valence-electron chi connectivity index (χ2n) is 6.54. The molecule has 0 amide bonds. The van der Waals surface area contributed by atoms with Gasteiger partial charge in [-0.2, -0.15) is 0 Å². The minimum Gasteiger partial charge on any atom is -0.355 e. The summed E-state index contributed by atoms with van der Waals surface area (Å²) in [6, 6.07) is 7.24. The van der Waals surface area contributed by atoms with Crippen LogP contribution >= 0.6 is 0 Å². The molecule has 2 aromatic rings. The molecular formula is C17H26N4. The highest BCUT2D eigenvalue weighted by Crippen LogP contribution is 2.36. The lowest BCUT2D eigenvalue weighted by atomic mass is 10.2. The molecular weight excluding hydrogens is 260 g/mol. The Balaban J connectivity index is 1.96. The number of hydrogen-bond donors (Lipinski definition) is 1. The van der Waals surface area contributed by atoms with E-state index in [1.54, 1.807) is 0 Å². The molecule has 0 radical (unpaired) electrons. The fraction of sp³-hybridized carbons (Fsp3) is 0.588. The lowest BCUT2D eigenvalue weighted by molar-refractivity contribution is 0.570. The van der Waals surface area contributed by atoms with E-state index in [4.69, 9.17) is 4.98 Å². The third kappa shape index (κ3) is 2.91. The number of nitrogens with one attached hydrogen (secondary N) is 1. The SMILES string of the molecule is CC(C)NCc1c(N(C)C(C)C2CC2)nc2ccccn12. The van der Waals surface area contributed by atoms with Gasteiger partial charge in [0.15, 0.2) is 5.82 Å². The van der Waals surface area contributed by atoms with Gasteiger partial charge in [0.2, 0.25) is 0 Å². The molecule has 1 aliphatic carbocycles. The van der Waals surface area contributed by atoms with Crippen molar-refractivity contribution in [2.24, 2.45) is 5.92 Å². The maximum absolute atomic E-state index is 4.87. The summed E-state index contributed by atoms with van der Waals surface area (Å²) in [5.74, 6) is 1.96. The molecule has 0 bridgehead atoms. The minimum atomic E-state index is 0.471. The smallest absolute Gasteiger partial charge is 0.152 e. The summed E-state index contributed by atoms with van der Waals surface area (Å²) in [7, 11) is 2.18. The van der Waals surface area contributed by atoms with Crippen LogP contribution < -0.4 is 10.2 Å². The Hall–Kier alpha value is -1.55. The van der Waals surface area contributed by atoms with E-state index in [0.717, 1.165) is 23.9 Å². The molecule has 0 aromatic carbocycles. The van der Waals surface area contributed by atoms with E-state index in [2.05, 4.69) is 66.8 Å². The van der Waals surface area contributed by atoms with Crippen LogP contribution in [0.1, 0.15) is 39.3 Å². The molecule has 3 rings (SSSR count). The van der Waals surface area contributed by atoms with Crippen molar-refractivity contribution in [3.05, 3.63) is 30.1 Å². The van der Waals surface area contributed by atoms with E-state index in [-0.39, 0.29) is 0 Å². The standard InChI is InChI=1S/C17H26N4/c1-12(2)18-11-15-17(20(4)13(3)14-8-9-14)19-16-7-5-6-10-21(15)16/h5-7,10,12-14,18H,8-9,11H2,1-4H3. The van der Waals surface area contributed by atoms with Crippen molar-refractivity contribution < 1.29 is 0 Å². The molecule has 21 heavy (non-hydrogen) atoms. The van der Waals surface area contributed by atoms with Crippen LogP contribution in [-0.4, -0.2) is 28.5 Å². The Kier molecular flexibility index (Phi) is 3.89. The summed E-state index contributed by atoms with van der Waals surface area (Å²) in [5, 5.41) is 3.53. The van der Waals surface area contributed by atoms with E-state index in [0.29, 0.717) is 12.1 Å². The van der Waals surface area contributed by atoms with Gasteiger partial charge in [-0.05, 0) is 37.8 Å². The molecule has 4 nitrogen and oxygen atoms in total. The van der Waals surface area contributed by atoms with E-state index in [1.807, 2.05) is 0 Å². The van der Waals surface area contributed by atoms with Gasteiger partial charge in [-0.3, -0.25) is 0 Å². The van der Waals surface area contributed by atoms with Gasteiger partial charge in [-0.25, -0.2) is 4.98 Å². The van der Waals surface area contributed by atoms with Gasteiger partial charge in [0.25, 0.3) is 0 Å². The predicted octanol–water partition coefficient (Wildman–Crippen LogP) is 3.07. The molecule has 0 aliphatic heterocycles. The second kappa shape index (κ2) is 5.68. The average Bonchev–Trinajstić information content (AvgIpc) is 3.25. The van der Waals surface area contributed by atoms with Crippen LogP contribution in [-0.2, 0) is 6.54 Å². The number of imidazole rings is 1. The first-order valence-electron chi connectivity index (χ1n) is 8.00. The second-order valence-corrected chi connectivity index (χ2v) is 6.54. The lowest BCUT2D eigenvalue weighted by Crippen LogP contribution is -2.32. The van der Waals surface area contributed by atoms with Crippen LogP contribution in [0.25, 0.3) is 5.65 Å². The first-order valence-corrected chi connectivity index (χ1v) is 8.00. The highest BCUT2D eigenvalue weighted by Gasteiger charge is 2.32. The quantitative estimate of drug-likeness (QED) is 0.886. The number of nitrogens with zero attached hydrogens (tertiary/aromatic N) is 3. The summed E-state index contributed by atoms with van der Waals surface area (Å²) in [6.07, 6.45) is 4.83. The fourth-order valence-electron chi connectivity index (χ4n) is 2.87. The van der Waals surface area contributed by atoms with Crippen LogP contribution in [0.15, 0.2) is 24.4 Å². The van der Waals surface area contributed by atoms with Crippen LogP contribution in [0.2, 0.25) is 0 Å². The van der Waals surface area contributed by atoms with Gasteiger partial charge in [-0.15, -0.1) is 0 Å². The van der Waals surface area contributed by atoms with Crippen molar-refractivity contribution in [2.45, 2.75) is 52.2 Å². The van der Waals surface area contributed by atoms with E-state index in [9.17, 15) is 0 Å². The Labute approximate surface area is 127 Å². The molecule has 1 atom stereocenters. The monoisotopic (exact) mass is 286 g/mol. The molecule has 1 unspecified atom stereocenters. The molecule has 2 aromatic heterocycles. The highest BCUT2D eigenvalue weighted by molar-refractivity contribution is 5.56. The van der Waals surface area contributed by atoms with Crippen molar-refractivity contribution in [3.63, 3.8) is 0 Å². The Morgan fingerprint density at radius 1 is 1.33 bits per heavy atom. The zero-order valence-electron chi connectivity index (χ0n) is 13.5. The first kappa shape index (κ1) is 14.4. The number of fused-ring (bicyclic) bond motifs is 1. The fourth-order valence-corrected chi connectivity index (χ4v) is 2.87. The Morgan fingerprint density at radius 2 is 2.10 bits per heavy atom. The maximum Gasteiger partial charge on any atom is 0.152 e. The molecule has 1 fully saturated rings. The van der Waals surface area contributed by atoms with E-state index < -0.39 is 0 Å². The molecule has 0 saturated heterocycles. The number of anilines is 1. The molecule has 2 heterocycles. The van der Waals surface area contributed by atoms with Gasteiger partial charge < -0.3 is 14.6 Å². The first-order chi connectivity index (χ1) is 10.1. The zero-order chi connectivity index (χ0) is 15.0. The topological polar surface area (TPSA) is 32.6 Å². The molecule has 1 saturated carbocycles. The number of rotatable bonds is 6. The summed E-state index contributed by atoms with van der Waals surface area (Å²) in [6.45, 7) is 7.53. The van der Waals surface area contributed by atoms with Crippen LogP contribution in [0.4, 0.5) is 5.82 Å². The molecule has 0 spiro atoms.